The molecule has 0 spiro atoms. The second-order valence-electron chi connectivity index (χ2n) is 5.60. The third-order valence-corrected chi connectivity index (χ3v) is 3.95. The van der Waals surface area contributed by atoms with Crippen LogP contribution in [0.4, 0.5) is 13.2 Å². The van der Waals surface area contributed by atoms with E-state index in [9.17, 15) is 13.2 Å². The lowest BCUT2D eigenvalue weighted by molar-refractivity contribution is -0.137. The first kappa shape index (κ1) is 14.7. The van der Waals surface area contributed by atoms with Gasteiger partial charge in [-0.15, -0.1) is 0 Å². The van der Waals surface area contributed by atoms with Crippen molar-refractivity contribution < 1.29 is 13.2 Å². The van der Waals surface area contributed by atoms with E-state index in [1.54, 1.807) is 12.1 Å². The number of alkyl halides is 3. The Morgan fingerprint density at radius 1 is 0.917 bits per heavy atom. The van der Waals surface area contributed by atoms with Crippen LogP contribution in [0.25, 0.3) is 28.1 Å². The largest absolute Gasteiger partial charge is 0.416 e. The van der Waals surface area contributed by atoms with Crippen LogP contribution in [-0.4, -0.2) is 14.4 Å². The number of halogens is 3. The fraction of sp³-hybridized carbons (Fsp3) is 0.111. The first-order chi connectivity index (χ1) is 11.4. The van der Waals surface area contributed by atoms with Gasteiger partial charge in [-0.05, 0) is 37.3 Å². The molecule has 0 radical (unpaired) electrons. The van der Waals surface area contributed by atoms with Crippen LogP contribution in [-0.2, 0) is 6.18 Å². The van der Waals surface area contributed by atoms with Crippen LogP contribution in [0.5, 0.6) is 0 Å². The van der Waals surface area contributed by atoms with Gasteiger partial charge in [0.25, 0.3) is 0 Å². The Bertz CT molecular complexity index is 1060. The molecule has 2 aromatic heterocycles. The molecule has 0 atom stereocenters. The zero-order valence-electron chi connectivity index (χ0n) is 12.7. The molecule has 4 aromatic rings. The first-order valence-corrected chi connectivity index (χ1v) is 7.36. The second kappa shape index (κ2) is 5.06. The highest BCUT2D eigenvalue weighted by molar-refractivity contribution is 5.80. The maximum Gasteiger partial charge on any atom is 0.416 e. The van der Waals surface area contributed by atoms with Crippen molar-refractivity contribution in [2.24, 2.45) is 0 Å². The summed E-state index contributed by atoms with van der Waals surface area (Å²) >= 11 is 0. The van der Waals surface area contributed by atoms with E-state index in [1.165, 1.54) is 6.07 Å². The van der Waals surface area contributed by atoms with Crippen molar-refractivity contribution in [3.05, 3.63) is 65.9 Å². The van der Waals surface area contributed by atoms with Crippen molar-refractivity contribution >= 4 is 16.8 Å². The zero-order chi connectivity index (χ0) is 16.9. The van der Waals surface area contributed by atoms with Gasteiger partial charge in [-0.1, -0.05) is 24.3 Å². The summed E-state index contributed by atoms with van der Waals surface area (Å²) in [6, 6.07) is 14.6. The summed E-state index contributed by atoms with van der Waals surface area (Å²) in [6.45, 7) is 1.89. The van der Waals surface area contributed by atoms with Crippen molar-refractivity contribution in [3.63, 3.8) is 0 Å². The molecule has 0 fully saturated rings. The first-order valence-electron chi connectivity index (χ1n) is 7.36. The molecular formula is C18H12F3N3. The lowest BCUT2D eigenvalue weighted by atomic mass is 10.1. The maximum absolute atomic E-state index is 12.9. The predicted molar refractivity (Wildman–Crippen MR) is 85.7 cm³/mol. The van der Waals surface area contributed by atoms with E-state index in [1.807, 2.05) is 35.6 Å². The molecule has 0 aliphatic rings. The van der Waals surface area contributed by atoms with Crippen LogP contribution < -0.4 is 0 Å². The molecule has 0 N–H and O–H groups in total. The molecule has 0 saturated carbocycles. The monoisotopic (exact) mass is 327 g/mol. The summed E-state index contributed by atoms with van der Waals surface area (Å²) < 4.78 is 40.7. The minimum Gasteiger partial charge on any atom is -0.281 e. The number of hydrogen-bond donors (Lipinski definition) is 0. The normalized spacial score (nSPS) is 12.2. The lowest BCUT2D eigenvalue weighted by Crippen LogP contribution is -2.05. The van der Waals surface area contributed by atoms with E-state index < -0.39 is 11.7 Å². The Balaban J connectivity index is 1.94. The van der Waals surface area contributed by atoms with Gasteiger partial charge in [0, 0.05) is 11.3 Å². The van der Waals surface area contributed by atoms with Crippen molar-refractivity contribution in [2.75, 3.05) is 0 Å². The fourth-order valence-electron chi connectivity index (χ4n) is 2.84. The lowest BCUT2D eigenvalue weighted by Gasteiger charge is -2.09. The van der Waals surface area contributed by atoms with E-state index in [4.69, 9.17) is 0 Å². The third kappa shape index (κ3) is 2.31. The van der Waals surface area contributed by atoms with Crippen LogP contribution in [0.3, 0.4) is 0 Å². The number of fused-ring (bicyclic) bond motifs is 3. The summed E-state index contributed by atoms with van der Waals surface area (Å²) in [4.78, 5) is 8.91. The Labute approximate surface area is 135 Å². The molecule has 0 aliphatic carbocycles. The van der Waals surface area contributed by atoms with Crippen molar-refractivity contribution in [3.8, 4) is 11.3 Å². The summed E-state index contributed by atoms with van der Waals surface area (Å²) in [7, 11) is 0. The van der Waals surface area contributed by atoms with Crippen LogP contribution in [0.15, 0.2) is 54.6 Å². The smallest absolute Gasteiger partial charge is 0.281 e. The second-order valence-corrected chi connectivity index (χ2v) is 5.60. The SMILES string of the molecule is Cc1cc(-c2cccc(C(F)(F)F)c2)nc2nc3ccccc3n12. The number of benzene rings is 2. The molecule has 2 aromatic carbocycles. The minimum absolute atomic E-state index is 0.419. The molecule has 0 bridgehead atoms. The molecule has 6 heteroatoms. The van der Waals surface area contributed by atoms with E-state index in [0.29, 0.717) is 17.0 Å². The van der Waals surface area contributed by atoms with Gasteiger partial charge < -0.3 is 0 Å². The summed E-state index contributed by atoms with van der Waals surface area (Å²) in [6.07, 6.45) is -4.38. The van der Waals surface area contributed by atoms with Crippen LogP contribution in [0, 0.1) is 6.92 Å². The number of rotatable bonds is 1. The number of hydrogen-bond acceptors (Lipinski definition) is 2. The minimum atomic E-state index is -4.38. The Hall–Kier alpha value is -2.89. The molecule has 0 saturated heterocycles. The number of para-hydroxylation sites is 2. The quantitative estimate of drug-likeness (QED) is 0.499. The third-order valence-electron chi connectivity index (χ3n) is 3.95. The van der Waals surface area contributed by atoms with Gasteiger partial charge in [-0.3, -0.25) is 4.40 Å². The molecule has 4 rings (SSSR count). The van der Waals surface area contributed by atoms with E-state index in [2.05, 4.69) is 9.97 Å². The van der Waals surface area contributed by atoms with E-state index >= 15 is 0 Å². The number of aryl methyl sites for hydroxylation is 1. The van der Waals surface area contributed by atoms with Crippen molar-refractivity contribution in [2.45, 2.75) is 13.1 Å². The highest BCUT2D eigenvalue weighted by Gasteiger charge is 2.30. The van der Waals surface area contributed by atoms with E-state index in [-0.39, 0.29) is 0 Å². The zero-order valence-corrected chi connectivity index (χ0v) is 12.7. The Kier molecular flexibility index (Phi) is 3.09. The molecule has 0 unspecified atom stereocenters. The van der Waals surface area contributed by atoms with Crippen molar-refractivity contribution in [1.82, 2.24) is 14.4 Å². The van der Waals surface area contributed by atoms with Gasteiger partial charge in [-0.2, -0.15) is 13.2 Å². The highest BCUT2D eigenvalue weighted by Crippen LogP contribution is 2.32. The Morgan fingerprint density at radius 2 is 1.71 bits per heavy atom. The molecule has 120 valence electrons. The maximum atomic E-state index is 12.9. The number of aromatic nitrogens is 3. The van der Waals surface area contributed by atoms with Gasteiger partial charge in [0.05, 0.1) is 22.3 Å². The standard InChI is InChI=1S/C18H12F3N3/c1-11-9-15(12-5-4-6-13(10-12)18(19,20)21)23-17-22-14-7-2-3-8-16(14)24(11)17/h2-10H,1H3. The number of nitrogens with zero attached hydrogens (tertiary/aromatic N) is 3. The van der Waals surface area contributed by atoms with Crippen LogP contribution >= 0.6 is 0 Å². The topological polar surface area (TPSA) is 30.2 Å². The molecule has 24 heavy (non-hydrogen) atoms. The summed E-state index contributed by atoms with van der Waals surface area (Å²) in [5.41, 5.74) is 2.79. The molecule has 0 amide bonds. The van der Waals surface area contributed by atoms with Gasteiger partial charge in [0.1, 0.15) is 0 Å². The predicted octanol–water partition coefficient (Wildman–Crippen LogP) is 4.88. The molecule has 3 nitrogen and oxygen atoms in total. The molecule has 2 heterocycles. The summed E-state index contributed by atoms with van der Waals surface area (Å²) in [5.74, 6) is 0.476. The molecule has 0 aliphatic heterocycles. The van der Waals surface area contributed by atoms with Crippen molar-refractivity contribution in [1.29, 1.82) is 0 Å². The van der Waals surface area contributed by atoms with Gasteiger partial charge in [0.2, 0.25) is 5.78 Å². The number of imidazole rings is 1. The van der Waals surface area contributed by atoms with Crippen LogP contribution in [0.1, 0.15) is 11.3 Å². The summed E-state index contributed by atoms with van der Waals surface area (Å²) in [5, 5.41) is 0. The van der Waals surface area contributed by atoms with Crippen LogP contribution in [0.2, 0.25) is 0 Å². The van der Waals surface area contributed by atoms with Gasteiger partial charge in [-0.25, -0.2) is 9.97 Å². The average molecular weight is 327 g/mol. The Morgan fingerprint density at radius 3 is 2.50 bits per heavy atom. The fourth-order valence-corrected chi connectivity index (χ4v) is 2.84. The average Bonchev–Trinajstić information content (AvgIpc) is 2.93. The molecular weight excluding hydrogens is 315 g/mol. The van der Waals surface area contributed by atoms with E-state index in [0.717, 1.165) is 28.9 Å². The van der Waals surface area contributed by atoms with Gasteiger partial charge in [0.15, 0.2) is 0 Å². The van der Waals surface area contributed by atoms with Gasteiger partial charge >= 0.3 is 6.18 Å². The highest BCUT2D eigenvalue weighted by atomic mass is 19.4.